The Balaban J connectivity index is 1.52. The van der Waals surface area contributed by atoms with Crippen LogP contribution in [0.25, 0.3) is 5.69 Å². The van der Waals surface area contributed by atoms with Crippen LogP contribution in [0.1, 0.15) is 42.3 Å². The summed E-state index contributed by atoms with van der Waals surface area (Å²) in [5, 5.41) is 2.86. The van der Waals surface area contributed by atoms with Gasteiger partial charge in [0, 0.05) is 24.6 Å². The van der Waals surface area contributed by atoms with Crippen molar-refractivity contribution in [2.75, 3.05) is 10.8 Å². The van der Waals surface area contributed by atoms with Crippen molar-refractivity contribution in [1.29, 1.82) is 0 Å². The van der Waals surface area contributed by atoms with Crippen LogP contribution in [-0.4, -0.2) is 30.4 Å². The number of carbonyl (C=O) groups excluding carboxylic acids is 1. The van der Waals surface area contributed by atoms with Crippen LogP contribution in [-0.2, 0) is 21.4 Å². The van der Waals surface area contributed by atoms with E-state index < -0.39 is 15.9 Å². The van der Waals surface area contributed by atoms with Gasteiger partial charge in [-0.15, -0.1) is 0 Å². The minimum absolute atomic E-state index is 0.143. The first-order valence-corrected chi connectivity index (χ1v) is 13.6. The fraction of sp³-hybridized carbons (Fsp3) is 0.241. The molecule has 4 aromatic rings. The van der Waals surface area contributed by atoms with E-state index in [1.165, 1.54) is 4.31 Å². The second-order valence-corrected chi connectivity index (χ2v) is 11.2. The molecule has 1 amide bonds. The zero-order valence-electron chi connectivity index (χ0n) is 21.5. The van der Waals surface area contributed by atoms with Gasteiger partial charge in [-0.05, 0) is 67.3 Å². The van der Waals surface area contributed by atoms with Gasteiger partial charge in [-0.2, -0.15) is 0 Å². The van der Waals surface area contributed by atoms with Crippen LogP contribution in [0, 0.1) is 13.8 Å². The number of nitrogens with zero attached hydrogens (tertiary/aromatic N) is 3. The van der Waals surface area contributed by atoms with Crippen molar-refractivity contribution in [3.05, 3.63) is 108 Å². The van der Waals surface area contributed by atoms with E-state index in [1.54, 1.807) is 42.6 Å². The van der Waals surface area contributed by atoms with Crippen LogP contribution in [0.2, 0.25) is 0 Å². The fourth-order valence-electron chi connectivity index (χ4n) is 3.99. The molecular weight excluding hydrogens is 484 g/mol. The normalized spacial score (nSPS) is 11.5. The van der Waals surface area contributed by atoms with Gasteiger partial charge in [0.25, 0.3) is 10.0 Å². The first-order valence-electron chi connectivity index (χ1n) is 12.2. The number of imidazole rings is 1. The molecule has 7 nitrogen and oxygen atoms in total. The molecule has 1 aromatic heterocycles. The van der Waals surface area contributed by atoms with Gasteiger partial charge in [0.2, 0.25) is 5.91 Å². The molecule has 3 aromatic carbocycles. The zero-order valence-corrected chi connectivity index (χ0v) is 22.4. The van der Waals surface area contributed by atoms with Gasteiger partial charge in [-0.1, -0.05) is 55.8 Å². The lowest BCUT2D eigenvalue weighted by atomic mass is 10.0. The van der Waals surface area contributed by atoms with Gasteiger partial charge in [0.1, 0.15) is 12.4 Å². The van der Waals surface area contributed by atoms with E-state index in [2.05, 4.69) is 24.1 Å². The Morgan fingerprint density at radius 3 is 2.16 bits per heavy atom. The molecule has 1 heterocycles. The maximum Gasteiger partial charge on any atom is 0.264 e. The summed E-state index contributed by atoms with van der Waals surface area (Å²) in [5.41, 5.74) is 4.38. The number of anilines is 1. The molecule has 0 bridgehead atoms. The number of amides is 1. The summed E-state index contributed by atoms with van der Waals surface area (Å²) < 4.78 is 30.3. The van der Waals surface area contributed by atoms with E-state index >= 15 is 0 Å². The number of nitrogens with one attached hydrogen (secondary N) is 1. The second kappa shape index (κ2) is 11.0. The highest BCUT2D eigenvalue weighted by atomic mass is 32.2. The average molecular weight is 517 g/mol. The Labute approximate surface area is 218 Å². The third kappa shape index (κ3) is 6.09. The Morgan fingerprint density at radius 2 is 1.59 bits per heavy atom. The average Bonchev–Trinajstić information content (AvgIpc) is 3.32. The third-order valence-corrected chi connectivity index (χ3v) is 8.06. The van der Waals surface area contributed by atoms with Gasteiger partial charge in [0.15, 0.2) is 0 Å². The molecule has 1 N–H and O–H groups in total. The number of aryl methyl sites for hydroxylation is 2. The van der Waals surface area contributed by atoms with Crippen molar-refractivity contribution in [2.45, 2.75) is 45.1 Å². The molecule has 0 fully saturated rings. The summed E-state index contributed by atoms with van der Waals surface area (Å²) in [5.74, 6) is 0.805. The van der Waals surface area contributed by atoms with Crippen molar-refractivity contribution in [1.82, 2.24) is 14.9 Å². The van der Waals surface area contributed by atoms with Crippen LogP contribution < -0.4 is 9.62 Å². The topological polar surface area (TPSA) is 84.3 Å². The van der Waals surface area contributed by atoms with Crippen LogP contribution in [0.15, 0.2) is 90.1 Å². The highest BCUT2D eigenvalue weighted by molar-refractivity contribution is 7.92. The van der Waals surface area contributed by atoms with Crippen LogP contribution >= 0.6 is 0 Å². The molecule has 0 atom stereocenters. The molecule has 192 valence electrons. The molecule has 4 rings (SSSR count). The number of hydrogen-bond donors (Lipinski definition) is 1. The Bertz CT molecular complexity index is 1460. The lowest BCUT2D eigenvalue weighted by Gasteiger charge is -2.24. The van der Waals surface area contributed by atoms with Gasteiger partial charge in [-0.25, -0.2) is 13.4 Å². The molecule has 37 heavy (non-hydrogen) atoms. The molecule has 0 aliphatic heterocycles. The molecule has 0 radical (unpaired) electrons. The van der Waals surface area contributed by atoms with E-state index in [0.29, 0.717) is 11.6 Å². The van der Waals surface area contributed by atoms with E-state index in [1.807, 2.05) is 61.0 Å². The predicted molar refractivity (Wildman–Crippen MR) is 146 cm³/mol. The van der Waals surface area contributed by atoms with Crippen molar-refractivity contribution in [3.63, 3.8) is 0 Å². The molecule has 0 saturated heterocycles. The number of rotatable bonds is 9. The van der Waals surface area contributed by atoms with E-state index in [4.69, 9.17) is 0 Å². The third-order valence-electron chi connectivity index (χ3n) is 6.27. The number of sulfonamides is 1. The zero-order chi connectivity index (χ0) is 26.6. The standard InChI is InChI=1S/C29H32N4O3S/c1-21(2)25-9-13-27(14-10-25)33(37(35,36)28-15-5-22(3)6-16-28)20-29(34)31-19-24-7-11-26(12-8-24)32-18-17-30-23(32)4/h5-18,21H,19-20H2,1-4H3,(H,31,34). The second-order valence-electron chi connectivity index (χ2n) is 9.36. The van der Waals surface area contributed by atoms with Crippen LogP contribution in [0.3, 0.4) is 0 Å². The Hall–Kier alpha value is -3.91. The molecular formula is C29H32N4O3S. The minimum Gasteiger partial charge on any atom is -0.350 e. The SMILES string of the molecule is Cc1ccc(S(=O)(=O)N(CC(=O)NCc2ccc(-n3ccnc3C)cc2)c2ccc(C(C)C)cc2)cc1. The molecule has 0 aliphatic rings. The summed E-state index contributed by atoms with van der Waals surface area (Å²) >= 11 is 0. The maximum atomic E-state index is 13.6. The molecule has 0 unspecified atom stereocenters. The van der Waals surface area contributed by atoms with Crippen LogP contribution in [0.4, 0.5) is 5.69 Å². The van der Waals surface area contributed by atoms with Gasteiger partial charge < -0.3 is 9.88 Å². The number of benzene rings is 3. The first-order chi connectivity index (χ1) is 17.6. The number of carbonyl (C=O) groups is 1. The summed E-state index contributed by atoms with van der Waals surface area (Å²) in [4.78, 5) is 17.4. The van der Waals surface area contributed by atoms with E-state index in [0.717, 1.165) is 28.2 Å². The van der Waals surface area contributed by atoms with Gasteiger partial charge >= 0.3 is 0 Å². The van der Waals surface area contributed by atoms with Gasteiger partial charge in [0.05, 0.1) is 10.6 Å². The summed E-state index contributed by atoms with van der Waals surface area (Å²) in [6.45, 7) is 7.94. The maximum absolute atomic E-state index is 13.6. The van der Waals surface area contributed by atoms with E-state index in [-0.39, 0.29) is 18.0 Å². The number of aromatic nitrogens is 2. The highest BCUT2D eigenvalue weighted by Gasteiger charge is 2.27. The summed E-state index contributed by atoms with van der Waals surface area (Å²) in [7, 11) is -3.95. The highest BCUT2D eigenvalue weighted by Crippen LogP contribution is 2.26. The lowest BCUT2D eigenvalue weighted by molar-refractivity contribution is -0.119. The Morgan fingerprint density at radius 1 is 0.946 bits per heavy atom. The lowest BCUT2D eigenvalue weighted by Crippen LogP contribution is -2.40. The molecule has 0 saturated carbocycles. The number of hydrogen-bond acceptors (Lipinski definition) is 4. The monoisotopic (exact) mass is 516 g/mol. The van der Waals surface area contributed by atoms with Crippen LogP contribution in [0.5, 0.6) is 0 Å². The van der Waals surface area contributed by atoms with Crippen molar-refractivity contribution in [3.8, 4) is 5.69 Å². The van der Waals surface area contributed by atoms with Crippen molar-refractivity contribution in [2.24, 2.45) is 0 Å². The molecule has 0 aliphatic carbocycles. The van der Waals surface area contributed by atoms with Crippen molar-refractivity contribution < 1.29 is 13.2 Å². The Kier molecular flexibility index (Phi) is 7.78. The predicted octanol–water partition coefficient (Wildman–Crippen LogP) is 5.12. The molecule has 0 spiro atoms. The van der Waals surface area contributed by atoms with Gasteiger partial charge in [-0.3, -0.25) is 9.10 Å². The first kappa shape index (κ1) is 26.2. The smallest absolute Gasteiger partial charge is 0.264 e. The molecule has 8 heteroatoms. The minimum atomic E-state index is -3.95. The summed E-state index contributed by atoms with van der Waals surface area (Å²) in [6, 6.07) is 21.7. The fourth-order valence-corrected chi connectivity index (χ4v) is 5.41. The van der Waals surface area contributed by atoms with E-state index in [9.17, 15) is 13.2 Å². The largest absolute Gasteiger partial charge is 0.350 e. The summed E-state index contributed by atoms with van der Waals surface area (Å²) in [6.07, 6.45) is 3.64. The van der Waals surface area contributed by atoms with Crippen molar-refractivity contribution >= 4 is 21.6 Å². The quantitative estimate of drug-likeness (QED) is 0.335.